The molecule has 1 heterocycles. The third-order valence-electron chi connectivity index (χ3n) is 4.12. The van der Waals surface area contributed by atoms with Gasteiger partial charge in [0.25, 0.3) is 0 Å². The summed E-state index contributed by atoms with van der Waals surface area (Å²) in [4.78, 5) is 4.81. The maximum absolute atomic E-state index is 6.26. The summed E-state index contributed by atoms with van der Waals surface area (Å²) < 4.78 is 0. The van der Waals surface area contributed by atoms with Crippen molar-refractivity contribution in [1.82, 2.24) is 4.98 Å². The molecule has 0 unspecified atom stereocenters. The summed E-state index contributed by atoms with van der Waals surface area (Å²) in [5, 5.41) is 3.40. The summed E-state index contributed by atoms with van der Waals surface area (Å²) in [6, 6.07) is 20.2. The van der Waals surface area contributed by atoms with Crippen LogP contribution in [0.1, 0.15) is 5.56 Å². The van der Waals surface area contributed by atoms with E-state index < -0.39 is 0 Å². The minimum Gasteiger partial charge on any atom is -0.248 e. The predicted octanol–water partition coefficient (Wildman–Crippen LogP) is 6.67. The molecule has 0 aliphatic rings. The largest absolute Gasteiger partial charge is 0.248 e. The molecule has 0 saturated carbocycles. The second-order valence-corrected chi connectivity index (χ2v) is 6.42. The number of para-hydroxylation sites is 1. The van der Waals surface area contributed by atoms with Crippen molar-refractivity contribution >= 4 is 45.0 Å². The van der Waals surface area contributed by atoms with Crippen LogP contribution < -0.4 is 0 Å². The monoisotopic (exact) mass is 337 g/mol. The van der Waals surface area contributed by atoms with Gasteiger partial charge in [-0.25, -0.2) is 4.98 Å². The van der Waals surface area contributed by atoms with Crippen molar-refractivity contribution in [3.05, 3.63) is 76.3 Å². The second kappa shape index (κ2) is 5.52. The van der Waals surface area contributed by atoms with E-state index in [4.69, 9.17) is 28.2 Å². The first-order chi connectivity index (χ1) is 11.1. The van der Waals surface area contributed by atoms with Gasteiger partial charge in [-0.15, -0.1) is 0 Å². The van der Waals surface area contributed by atoms with Crippen LogP contribution in [0.25, 0.3) is 32.9 Å². The molecule has 0 atom stereocenters. The standard InChI is InChI=1S/C20H13Cl2N/c1-12-5-4-8-18-19(12)20(13-9-10-15(21)16(22)11-13)14-6-2-3-7-17(14)23-18/h2-11H,1H3. The Morgan fingerprint density at radius 1 is 0.783 bits per heavy atom. The van der Waals surface area contributed by atoms with E-state index in [9.17, 15) is 0 Å². The Labute approximate surface area is 144 Å². The van der Waals surface area contributed by atoms with Crippen molar-refractivity contribution in [2.24, 2.45) is 0 Å². The fraction of sp³-hybridized carbons (Fsp3) is 0.0500. The first-order valence-electron chi connectivity index (χ1n) is 7.38. The number of benzene rings is 3. The van der Waals surface area contributed by atoms with Crippen LogP contribution in [0, 0.1) is 6.92 Å². The minimum absolute atomic E-state index is 0.562. The maximum Gasteiger partial charge on any atom is 0.0718 e. The van der Waals surface area contributed by atoms with E-state index in [1.807, 2.05) is 42.5 Å². The van der Waals surface area contributed by atoms with Gasteiger partial charge in [0, 0.05) is 16.3 Å². The molecule has 3 heteroatoms. The number of hydrogen-bond donors (Lipinski definition) is 0. The van der Waals surface area contributed by atoms with Gasteiger partial charge in [-0.2, -0.15) is 0 Å². The van der Waals surface area contributed by atoms with Gasteiger partial charge in [-0.3, -0.25) is 0 Å². The van der Waals surface area contributed by atoms with Crippen molar-refractivity contribution in [3.8, 4) is 11.1 Å². The fourth-order valence-corrected chi connectivity index (χ4v) is 3.37. The lowest BCUT2D eigenvalue weighted by atomic mass is 9.94. The highest BCUT2D eigenvalue weighted by molar-refractivity contribution is 6.42. The van der Waals surface area contributed by atoms with Crippen molar-refractivity contribution in [1.29, 1.82) is 0 Å². The van der Waals surface area contributed by atoms with E-state index in [0.717, 1.165) is 32.9 Å². The first kappa shape index (κ1) is 14.5. The van der Waals surface area contributed by atoms with Crippen molar-refractivity contribution < 1.29 is 0 Å². The van der Waals surface area contributed by atoms with Crippen LogP contribution in [-0.2, 0) is 0 Å². The summed E-state index contributed by atoms with van der Waals surface area (Å²) in [6.45, 7) is 2.11. The molecule has 23 heavy (non-hydrogen) atoms. The van der Waals surface area contributed by atoms with Gasteiger partial charge < -0.3 is 0 Å². The van der Waals surface area contributed by atoms with Gasteiger partial charge >= 0.3 is 0 Å². The third kappa shape index (κ3) is 2.37. The van der Waals surface area contributed by atoms with Gasteiger partial charge in [0.05, 0.1) is 21.1 Å². The summed E-state index contributed by atoms with van der Waals surface area (Å²) in [5.74, 6) is 0. The van der Waals surface area contributed by atoms with E-state index in [1.165, 1.54) is 5.56 Å². The Bertz CT molecular complexity index is 1050. The van der Waals surface area contributed by atoms with Crippen LogP contribution in [0.4, 0.5) is 0 Å². The number of rotatable bonds is 1. The Kier molecular flexibility index (Phi) is 3.48. The molecule has 4 aromatic rings. The van der Waals surface area contributed by atoms with Crippen molar-refractivity contribution in [3.63, 3.8) is 0 Å². The van der Waals surface area contributed by atoms with E-state index in [2.05, 4.69) is 25.1 Å². The smallest absolute Gasteiger partial charge is 0.0718 e. The number of pyridine rings is 1. The Balaban J connectivity index is 2.22. The molecule has 112 valence electrons. The lowest BCUT2D eigenvalue weighted by Gasteiger charge is -2.13. The molecule has 0 amide bonds. The average molecular weight is 338 g/mol. The van der Waals surface area contributed by atoms with Crippen LogP contribution >= 0.6 is 23.2 Å². The third-order valence-corrected chi connectivity index (χ3v) is 4.86. The summed E-state index contributed by atoms with van der Waals surface area (Å²) in [7, 11) is 0. The summed E-state index contributed by atoms with van der Waals surface area (Å²) in [5.41, 5.74) is 5.37. The van der Waals surface area contributed by atoms with Crippen molar-refractivity contribution in [2.75, 3.05) is 0 Å². The second-order valence-electron chi connectivity index (χ2n) is 5.60. The molecule has 4 rings (SSSR count). The van der Waals surface area contributed by atoms with Gasteiger partial charge in [0.15, 0.2) is 0 Å². The van der Waals surface area contributed by atoms with E-state index in [0.29, 0.717) is 10.0 Å². The van der Waals surface area contributed by atoms with Crippen molar-refractivity contribution in [2.45, 2.75) is 6.92 Å². The van der Waals surface area contributed by atoms with Crippen LogP contribution in [0.3, 0.4) is 0 Å². The van der Waals surface area contributed by atoms with Gasteiger partial charge in [0.1, 0.15) is 0 Å². The zero-order valence-electron chi connectivity index (χ0n) is 12.5. The highest BCUT2D eigenvalue weighted by atomic mass is 35.5. The highest BCUT2D eigenvalue weighted by Gasteiger charge is 2.13. The molecule has 1 nitrogen and oxygen atoms in total. The van der Waals surface area contributed by atoms with Gasteiger partial charge in [0.2, 0.25) is 0 Å². The molecule has 0 spiro atoms. The molecule has 0 aliphatic heterocycles. The van der Waals surface area contributed by atoms with E-state index in [-0.39, 0.29) is 0 Å². The molecular weight excluding hydrogens is 325 g/mol. The predicted molar refractivity (Wildman–Crippen MR) is 99.4 cm³/mol. The van der Waals surface area contributed by atoms with Crippen LogP contribution in [0.15, 0.2) is 60.7 Å². The highest BCUT2D eigenvalue weighted by Crippen LogP contribution is 2.38. The van der Waals surface area contributed by atoms with E-state index >= 15 is 0 Å². The zero-order chi connectivity index (χ0) is 16.0. The van der Waals surface area contributed by atoms with Crippen LogP contribution in [0.5, 0.6) is 0 Å². The molecular formula is C20H13Cl2N. The fourth-order valence-electron chi connectivity index (χ4n) is 3.07. The molecule has 0 radical (unpaired) electrons. The molecule has 0 fully saturated rings. The number of hydrogen-bond acceptors (Lipinski definition) is 1. The molecule has 3 aromatic carbocycles. The maximum atomic E-state index is 6.26. The first-order valence-corrected chi connectivity index (χ1v) is 8.14. The number of nitrogens with zero attached hydrogens (tertiary/aromatic N) is 1. The Morgan fingerprint density at radius 2 is 1.57 bits per heavy atom. The average Bonchev–Trinajstić information content (AvgIpc) is 2.56. The number of fused-ring (bicyclic) bond motifs is 2. The summed E-state index contributed by atoms with van der Waals surface area (Å²) >= 11 is 12.3. The topological polar surface area (TPSA) is 12.9 Å². The number of aryl methyl sites for hydroxylation is 1. The molecule has 0 bridgehead atoms. The van der Waals surface area contributed by atoms with E-state index in [1.54, 1.807) is 0 Å². The number of aromatic nitrogens is 1. The lowest BCUT2D eigenvalue weighted by molar-refractivity contribution is 1.45. The quantitative estimate of drug-likeness (QED) is 0.353. The SMILES string of the molecule is Cc1cccc2nc3ccccc3c(-c3ccc(Cl)c(Cl)c3)c12. The normalized spacial score (nSPS) is 11.3. The Morgan fingerprint density at radius 3 is 2.39 bits per heavy atom. The minimum atomic E-state index is 0.562. The number of halogens is 2. The van der Waals surface area contributed by atoms with Crippen LogP contribution in [-0.4, -0.2) is 4.98 Å². The lowest BCUT2D eigenvalue weighted by Crippen LogP contribution is -1.91. The molecule has 0 saturated heterocycles. The van der Waals surface area contributed by atoms with Gasteiger partial charge in [-0.1, -0.05) is 59.6 Å². The Hall–Kier alpha value is -2.09. The molecule has 0 aliphatic carbocycles. The summed E-state index contributed by atoms with van der Waals surface area (Å²) in [6.07, 6.45) is 0. The zero-order valence-corrected chi connectivity index (χ0v) is 14.0. The molecule has 0 N–H and O–H groups in total. The van der Waals surface area contributed by atoms with Gasteiger partial charge in [-0.05, 0) is 42.3 Å². The molecule has 1 aromatic heterocycles. The van der Waals surface area contributed by atoms with Crippen LogP contribution in [0.2, 0.25) is 10.0 Å².